The third-order valence-corrected chi connectivity index (χ3v) is 20.1. The molecule has 684 valence electrons. The van der Waals surface area contributed by atoms with Crippen LogP contribution in [0.1, 0.15) is 140 Å². The molecule has 5 aromatic rings. The van der Waals surface area contributed by atoms with Gasteiger partial charge in [-0.2, -0.15) is 0 Å². The van der Waals surface area contributed by atoms with Crippen LogP contribution >= 0.6 is 0 Å². The number of aromatic nitrogens is 2. The molecule has 0 bridgehead atoms. The summed E-state index contributed by atoms with van der Waals surface area (Å²) in [6.45, 7) is 7.56. The molecule has 4 aromatic carbocycles. The second-order valence-corrected chi connectivity index (χ2v) is 31.3. The number of nitrogens with two attached hydrogens (primary N) is 5. The normalized spacial score (nSPS) is 14.3. The highest BCUT2D eigenvalue weighted by atomic mass is 16.4. The molecule has 30 N–H and O–H groups in total. The number of aliphatic carboxylic acids is 1. The number of hydrogen-bond donors (Lipinski definition) is 25. The van der Waals surface area contributed by atoms with Crippen molar-refractivity contribution in [2.75, 3.05) is 39.3 Å². The smallest absolute Gasteiger partial charge is 0.326 e. The Labute approximate surface area is 726 Å². The minimum absolute atomic E-state index is 0.0139. The summed E-state index contributed by atoms with van der Waals surface area (Å²) in [7, 11) is 0. The van der Waals surface area contributed by atoms with Crippen LogP contribution in [0.3, 0.4) is 0 Å². The summed E-state index contributed by atoms with van der Waals surface area (Å²) >= 11 is 0. The number of carbonyl (C=O) groups excluding carboxylic acids is 13. The Morgan fingerprint density at radius 2 is 0.744 bits per heavy atom. The van der Waals surface area contributed by atoms with Crippen molar-refractivity contribution in [2.24, 2.45) is 40.5 Å². The highest BCUT2D eigenvalue weighted by Crippen LogP contribution is 2.18. The highest BCUT2D eigenvalue weighted by Gasteiger charge is 2.39. The first-order chi connectivity index (χ1) is 59.6. The Hall–Kier alpha value is -12.7. The summed E-state index contributed by atoms with van der Waals surface area (Å²) in [6.07, 6.45) is 2.46. The number of unbranched alkanes of at least 4 members (excludes halogenated alkanes) is 3. The molecule has 0 saturated heterocycles. The van der Waals surface area contributed by atoms with Crippen LogP contribution < -0.4 is 103 Å². The zero-order chi connectivity index (χ0) is 92.1. The van der Waals surface area contributed by atoms with Gasteiger partial charge in [0.2, 0.25) is 76.8 Å². The Morgan fingerprint density at radius 3 is 1.16 bits per heavy atom. The number of rotatable bonds is 57. The van der Waals surface area contributed by atoms with Gasteiger partial charge in [-0.05, 0) is 162 Å². The van der Waals surface area contributed by atoms with Crippen molar-refractivity contribution in [1.82, 2.24) is 84.4 Å². The molecule has 0 fully saturated rings. The van der Waals surface area contributed by atoms with E-state index < -0.39 is 180 Å². The van der Waals surface area contributed by atoms with Crippen LogP contribution in [-0.2, 0) is 99.2 Å². The number of phenols is 2. The fourth-order valence-corrected chi connectivity index (χ4v) is 13.3. The molecule has 0 aliphatic carbocycles. The Balaban J connectivity index is 1.42. The first-order valence-electron chi connectivity index (χ1n) is 41.9. The van der Waals surface area contributed by atoms with Crippen molar-refractivity contribution < 1.29 is 87.5 Å². The molecule has 0 aliphatic heterocycles. The van der Waals surface area contributed by atoms with Crippen molar-refractivity contribution in [3.63, 3.8) is 0 Å². The lowest BCUT2D eigenvalue weighted by atomic mass is 9.99. The summed E-state index contributed by atoms with van der Waals surface area (Å²) in [5.41, 5.74) is 30.4. The van der Waals surface area contributed by atoms with Gasteiger partial charge >= 0.3 is 5.97 Å². The average molecular weight is 1740 g/mol. The zero-order valence-electron chi connectivity index (χ0n) is 71.3. The number of aromatic hydroxyl groups is 2. The van der Waals surface area contributed by atoms with E-state index in [4.69, 9.17) is 34.1 Å². The highest BCUT2D eigenvalue weighted by molar-refractivity contribution is 6.00. The molecular formula is C85H126N22O18. The number of amides is 13. The first kappa shape index (κ1) is 103. The van der Waals surface area contributed by atoms with Gasteiger partial charge in [0, 0.05) is 50.5 Å². The Kier molecular flexibility index (Phi) is 45.1. The fraction of sp³-hybridized carbons (Fsp3) is 0.506. The van der Waals surface area contributed by atoms with E-state index in [1.807, 2.05) is 0 Å². The van der Waals surface area contributed by atoms with Crippen LogP contribution in [0.4, 0.5) is 0 Å². The maximum atomic E-state index is 15.0. The van der Waals surface area contributed by atoms with Crippen LogP contribution in [0.25, 0.3) is 0 Å². The average Bonchev–Trinajstić information content (AvgIpc) is 1.50. The molecule has 13 amide bonds. The maximum absolute atomic E-state index is 15.0. The number of carboxylic acids is 1. The largest absolute Gasteiger partial charge is 0.508 e. The summed E-state index contributed by atoms with van der Waals surface area (Å²) < 4.78 is 0. The monoisotopic (exact) mass is 1740 g/mol. The van der Waals surface area contributed by atoms with Gasteiger partial charge in [0.1, 0.15) is 84.0 Å². The van der Waals surface area contributed by atoms with E-state index in [0.717, 1.165) is 6.92 Å². The van der Waals surface area contributed by atoms with Crippen LogP contribution in [-0.4, -0.2) is 237 Å². The SMILES string of the molecule is CC(C)C[C@H](NC(=O)[C@H](CCCNC(=N)N)NC(=O)[C@H](Cc1ccccc1)NC(=O)[C@@H](NC(=O)[C@H](Cc1cnc[nH]1)NC(=O)[C@@H](NC(=O)[C@H](Cc1ccc(O)cc1)NC(=O)[C@H](Cc1ccccc1)NC(=O)CNC(=O)[C@H](Cc1ccc(O)cc1)NC(=O)[C@H](CCCCN)NC(=O)CN)[C@@H](C)O)C(C)C)C(=O)N[C@@H](CCCCN)C(=O)N[C@@H](CCCCN)C(=O)O. The number of H-pyrrole nitrogens is 1. The number of phenolic OH excluding ortho intramolecular Hbond substituents is 2. The van der Waals surface area contributed by atoms with E-state index in [9.17, 15) is 82.8 Å². The number of nitrogens with zero attached hydrogens (tertiary/aromatic N) is 1. The fourth-order valence-electron chi connectivity index (χ4n) is 13.3. The molecule has 5 rings (SSSR count). The number of hydrogen-bond acceptors (Lipinski definition) is 23. The number of benzene rings is 4. The molecular weight excluding hydrogens is 1620 g/mol. The molecule has 0 radical (unpaired) electrons. The third-order valence-electron chi connectivity index (χ3n) is 20.1. The molecule has 40 heteroatoms. The van der Waals surface area contributed by atoms with E-state index >= 15 is 4.79 Å². The number of carbonyl (C=O) groups is 14. The van der Waals surface area contributed by atoms with E-state index in [-0.39, 0.29) is 113 Å². The van der Waals surface area contributed by atoms with Crippen molar-refractivity contribution in [1.29, 1.82) is 5.41 Å². The molecule has 0 unspecified atom stereocenters. The Morgan fingerprint density at radius 1 is 0.392 bits per heavy atom. The summed E-state index contributed by atoms with van der Waals surface area (Å²) in [5, 5.41) is 86.2. The standard InChI is InChI=1S/C85H126N22O18/c1-49(2)39-63(77(117)98-60(24-13-16-36-87)75(115)100-62(84(124)125)25-14-17-37-88)101-76(116)61(26-18-38-93-85(90)91)99-79(119)66(41-53-21-10-7-11-22-53)104-82(122)71(50(3)4)106-81(121)68(44-56-46-92-48-95-56)105-83(123)72(51(5)108)107-80(120)67(43-55-29-33-58(110)34-30-55)103-78(118)65(40-52-19-8-6-9-20-52)97-70(112)47-94-73(113)64(42-54-27-31-57(109)32-28-54)102-74(114)59(23-12-15-35-86)96-69(111)45-89/h6-11,19-22,27-34,46,48-51,59-68,71-72,108-110H,12-18,23-26,35-45,47,86-89H2,1-5H3,(H,92,95)(H,94,113)(H,96,111)(H,97,112)(H,98,117)(H,99,119)(H,100,115)(H,101,116)(H,102,114)(H,103,118)(H,104,122)(H,105,123)(H,106,121)(H,107,120)(H,124,125)(H4,90,91,93)/t51-,59+,60+,61+,62+,63+,64+,65+,66+,67+,68+,71+,72+/m1/s1. The van der Waals surface area contributed by atoms with Gasteiger partial charge in [0.15, 0.2) is 5.96 Å². The lowest BCUT2D eigenvalue weighted by Gasteiger charge is -2.30. The first-order valence-corrected chi connectivity index (χ1v) is 41.9. The van der Waals surface area contributed by atoms with Crippen LogP contribution in [0.15, 0.2) is 122 Å². The second-order valence-electron chi connectivity index (χ2n) is 31.3. The molecule has 0 aliphatic rings. The molecule has 0 spiro atoms. The molecule has 40 nitrogen and oxygen atoms in total. The van der Waals surface area contributed by atoms with Gasteiger partial charge in [-0.25, -0.2) is 9.78 Å². The molecule has 1 aromatic heterocycles. The third kappa shape index (κ3) is 37.9. The minimum Gasteiger partial charge on any atom is -0.508 e. The predicted octanol–water partition coefficient (Wildman–Crippen LogP) is -2.96. The number of aromatic amines is 1. The van der Waals surface area contributed by atoms with E-state index in [1.54, 1.807) is 88.4 Å². The number of guanidine groups is 1. The van der Waals surface area contributed by atoms with Gasteiger partial charge in [-0.3, -0.25) is 67.7 Å². The quantitative estimate of drug-likeness (QED) is 0.0105. The van der Waals surface area contributed by atoms with Crippen molar-refractivity contribution in [3.05, 3.63) is 150 Å². The zero-order valence-corrected chi connectivity index (χ0v) is 71.3. The van der Waals surface area contributed by atoms with Crippen LogP contribution in [0, 0.1) is 17.2 Å². The maximum Gasteiger partial charge on any atom is 0.326 e. The van der Waals surface area contributed by atoms with Crippen LogP contribution in [0.2, 0.25) is 0 Å². The van der Waals surface area contributed by atoms with Gasteiger partial charge in [0.25, 0.3) is 0 Å². The van der Waals surface area contributed by atoms with Crippen molar-refractivity contribution in [3.8, 4) is 11.5 Å². The van der Waals surface area contributed by atoms with Gasteiger partial charge < -0.3 is 129 Å². The lowest BCUT2D eigenvalue weighted by Crippen LogP contribution is -2.63. The topological polar surface area (TPSA) is 671 Å². The van der Waals surface area contributed by atoms with Crippen LogP contribution in [0.5, 0.6) is 11.5 Å². The summed E-state index contributed by atoms with van der Waals surface area (Å²) in [6, 6.07) is 10.4. The van der Waals surface area contributed by atoms with Crippen molar-refractivity contribution in [2.45, 2.75) is 222 Å². The number of aliphatic hydroxyl groups excluding tert-OH is 1. The number of aliphatic hydroxyl groups is 1. The molecule has 125 heavy (non-hydrogen) atoms. The Bertz CT molecular complexity index is 4280. The number of imidazole rings is 1. The van der Waals surface area contributed by atoms with Gasteiger partial charge in [0.05, 0.1) is 25.5 Å². The molecule has 1 heterocycles. The number of nitrogens with one attached hydrogen (secondary N) is 16. The van der Waals surface area contributed by atoms with E-state index in [2.05, 4.69) is 84.4 Å². The predicted molar refractivity (Wildman–Crippen MR) is 463 cm³/mol. The van der Waals surface area contributed by atoms with Gasteiger partial charge in [-0.15, -0.1) is 0 Å². The molecule has 13 atom stereocenters. The second kappa shape index (κ2) is 54.8. The van der Waals surface area contributed by atoms with Crippen molar-refractivity contribution >= 4 is 88.7 Å². The number of carboxylic acid groups (broad SMARTS) is 1. The van der Waals surface area contributed by atoms with Gasteiger partial charge in [-0.1, -0.05) is 113 Å². The summed E-state index contributed by atoms with van der Waals surface area (Å²) in [4.78, 5) is 206. The van der Waals surface area contributed by atoms with E-state index in [0.29, 0.717) is 73.9 Å². The molecule has 0 saturated carbocycles. The lowest BCUT2D eigenvalue weighted by molar-refractivity contribution is -0.142. The minimum atomic E-state index is -1.92. The summed E-state index contributed by atoms with van der Waals surface area (Å²) in [5.74, 6) is -14.6. The van der Waals surface area contributed by atoms with E-state index in [1.165, 1.54) is 61.1 Å².